The fourth-order valence-electron chi connectivity index (χ4n) is 3.35. The number of carboxylic acid groups (broad SMARTS) is 3. The molecule has 1 unspecified atom stereocenters. The third-order valence-corrected chi connectivity index (χ3v) is 6.49. The van der Waals surface area contributed by atoms with Gasteiger partial charge in [0.05, 0.1) is 11.2 Å². The molecule has 3 rings (SSSR count). The van der Waals surface area contributed by atoms with Gasteiger partial charge in [-0.15, -0.1) is 0 Å². The number of rotatable bonds is 6. The number of benzene rings is 1. The van der Waals surface area contributed by atoms with Gasteiger partial charge in [-0.25, -0.2) is 27.1 Å². The summed E-state index contributed by atoms with van der Waals surface area (Å²) in [6.45, 7) is 1.63. The molecule has 2 heterocycles. The van der Waals surface area contributed by atoms with Gasteiger partial charge in [0.15, 0.2) is 0 Å². The van der Waals surface area contributed by atoms with Crippen LogP contribution in [0.2, 0.25) is 0 Å². The highest BCUT2D eigenvalue weighted by molar-refractivity contribution is 7.89. The van der Waals surface area contributed by atoms with Gasteiger partial charge in [-0.3, -0.25) is 0 Å². The summed E-state index contributed by atoms with van der Waals surface area (Å²) in [6.07, 6.45) is 0.984. The summed E-state index contributed by atoms with van der Waals surface area (Å²) >= 11 is 0. The summed E-state index contributed by atoms with van der Waals surface area (Å²) in [6, 6.07) is 6.92. The first-order chi connectivity index (χ1) is 14.0. The highest BCUT2D eigenvalue weighted by Gasteiger charge is 2.71. The smallest absolute Gasteiger partial charge is 0.343 e. The minimum atomic E-state index is -5.16. The lowest BCUT2D eigenvalue weighted by Crippen LogP contribution is -2.61. The number of sulfonamides is 1. The summed E-state index contributed by atoms with van der Waals surface area (Å²) in [4.78, 5) is 35.6. The van der Waals surface area contributed by atoms with Crippen molar-refractivity contribution in [1.29, 1.82) is 0 Å². The van der Waals surface area contributed by atoms with Crippen molar-refractivity contribution in [3.05, 3.63) is 65.5 Å². The monoisotopic (exact) mass is 439 g/mol. The zero-order valence-corrected chi connectivity index (χ0v) is 16.0. The van der Waals surface area contributed by atoms with Crippen molar-refractivity contribution < 1.29 is 46.9 Å². The molecule has 12 heteroatoms. The van der Waals surface area contributed by atoms with E-state index in [9.17, 15) is 38.1 Å². The highest BCUT2D eigenvalue weighted by atomic mass is 32.2. The van der Waals surface area contributed by atoms with Crippen LogP contribution in [-0.2, 0) is 24.4 Å². The molecule has 30 heavy (non-hydrogen) atoms. The number of aryl methyl sites for hydroxylation is 1. The summed E-state index contributed by atoms with van der Waals surface area (Å²) in [5, 5.41) is 29.2. The minimum Gasteiger partial charge on any atom is -0.479 e. The van der Waals surface area contributed by atoms with Crippen molar-refractivity contribution in [2.24, 2.45) is 0 Å². The van der Waals surface area contributed by atoms with Gasteiger partial charge in [-0.2, -0.15) is 4.39 Å². The van der Waals surface area contributed by atoms with Crippen molar-refractivity contribution in [2.75, 3.05) is 0 Å². The Morgan fingerprint density at radius 1 is 1.07 bits per heavy atom. The maximum Gasteiger partial charge on any atom is 0.343 e. The van der Waals surface area contributed by atoms with Crippen LogP contribution in [0.5, 0.6) is 0 Å². The van der Waals surface area contributed by atoms with E-state index in [4.69, 9.17) is 4.42 Å². The molecule has 0 radical (unpaired) electrons. The van der Waals surface area contributed by atoms with E-state index in [1.165, 1.54) is 18.2 Å². The topological polar surface area (TPSA) is 162 Å². The SMILES string of the molecule is Cc1ccc(S(=O)(=O)N2C(F)=C(C(=O)O)C(c3ccco3)C2(C(=O)O)C(=O)O)cc1. The zero-order chi connectivity index (χ0) is 22.4. The van der Waals surface area contributed by atoms with Gasteiger partial charge in [0.25, 0.3) is 15.6 Å². The number of carbonyl (C=O) groups is 3. The van der Waals surface area contributed by atoms with E-state index in [1.54, 1.807) is 6.92 Å². The van der Waals surface area contributed by atoms with Crippen LogP contribution in [0.4, 0.5) is 4.39 Å². The standard InChI is InChI=1S/C18H14FNO9S/c1-9-4-6-10(7-5-9)30(27,28)20-14(19)12(15(21)22)13(11-3-2-8-29-11)18(20,16(23)24)17(25)26/h2-8,13H,1H3,(H,21,22)(H,23,24)(H,25,26). The molecule has 0 saturated heterocycles. The van der Waals surface area contributed by atoms with Crippen LogP contribution < -0.4 is 0 Å². The van der Waals surface area contributed by atoms with Crippen LogP contribution in [-0.4, -0.2) is 51.5 Å². The van der Waals surface area contributed by atoms with Crippen LogP contribution >= 0.6 is 0 Å². The molecule has 0 amide bonds. The van der Waals surface area contributed by atoms with E-state index >= 15 is 4.39 Å². The van der Waals surface area contributed by atoms with Crippen molar-refractivity contribution in [3.63, 3.8) is 0 Å². The number of halogens is 1. The first-order valence-corrected chi connectivity index (χ1v) is 9.66. The maximum atomic E-state index is 15.3. The van der Waals surface area contributed by atoms with Crippen LogP contribution in [0.25, 0.3) is 0 Å². The van der Waals surface area contributed by atoms with Crippen molar-refractivity contribution >= 4 is 27.9 Å². The quantitative estimate of drug-likeness (QED) is 0.448. The highest BCUT2D eigenvalue weighted by Crippen LogP contribution is 2.52. The Morgan fingerprint density at radius 2 is 1.63 bits per heavy atom. The number of hydrogen-bond acceptors (Lipinski definition) is 6. The van der Waals surface area contributed by atoms with Gasteiger partial charge in [0, 0.05) is 0 Å². The molecule has 10 nitrogen and oxygen atoms in total. The molecule has 0 fully saturated rings. The predicted octanol–water partition coefficient (Wildman–Crippen LogP) is 1.55. The molecular formula is C18H14FNO9S. The maximum absolute atomic E-state index is 15.3. The Balaban J connectivity index is 2.42. The van der Waals surface area contributed by atoms with Crippen LogP contribution in [0.3, 0.4) is 0 Å². The van der Waals surface area contributed by atoms with Gasteiger partial charge in [0.2, 0.25) is 5.95 Å². The van der Waals surface area contributed by atoms with Gasteiger partial charge in [-0.05, 0) is 31.2 Å². The fourth-order valence-corrected chi connectivity index (χ4v) is 4.99. The van der Waals surface area contributed by atoms with Crippen LogP contribution in [0.15, 0.2) is 63.5 Å². The molecule has 1 aromatic carbocycles. The van der Waals surface area contributed by atoms with Crippen molar-refractivity contribution in [2.45, 2.75) is 23.3 Å². The van der Waals surface area contributed by atoms with E-state index in [2.05, 4.69) is 0 Å². The molecule has 2 aromatic rings. The third kappa shape index (κ3) is 2.76. The van der Waals surface area contributed by atoms with E-state index in [0.29, 0.717) is 5.56 Å². The molecule has 0 bridgehead atoms. The Kier molecular flexibility index (Phi) is 4.90. The average Bonchev–Trinajstić information content (AvgIpc) is 3.26. The Labute approximate surface area is 168 Å². The van der Waals surface area contributed by atoms with Crippen LogP contribution in [0, 0.1) is 6.92 Å². The number of furan rings is 1. The van der Waals surface area contributed by atoms with E-state index in [-0.39, 0.29) is 0 Å². The first-order valence-electron chi connectivity index (χ1n) is 8.22. The van der Waals surface area contributed by atoms with Gasteiger partial charge in [0.1, 0.15) is 17.3 Å². The second kappa shape index (κ2) is 6.99. The molecule has 3 N–H and O–H groups in total. The Hall–Kier alpha value is -3.67. The van der Waals surface area contributed by atoms with Gasteiger partial charge in [-0.1, -0.05) is 17.7 Å². The predicted molar refractivity (Wildman–Crippen MR) is 95.4 cm³/mol. The number of nitrogens with zero attached hydrogens (tertiary/aromatic N) is 1. The lowest BCUT2D eigenvalue weighted by molar-refractivity contribution is -0.163. The molecular weight excluding hydrogens is 425 g/mol. The molecule has 1 aromatic heterocycles. The summed E-state index contributed by atoms with van der Waals surface area (Å²) in [5.74, 6) is -11.5. The summed E-state index contributed by atoms with van der Waals surface area (Å²) in [5.41, 5.74) is -4.33. The minimum absolute atomic E-state index is 0.508. The lowest BCUT2D eigenvalue weighted by Gasteiger charge is -2.34. The van der Waals surface area contributed by atoms with Gasteiger partial charge < -0.3 is 19.7 Å². The summed E-state index contributed by atoms with van der Waals surface area (Å²) in [7, 11) is -5.16. The van der Waals surface area contributed by atoms with Crippen LogP contribution in [0.1, 0.15) is 17.2 Å². The zero-order valence-electron chi connectivity index (χ0n) is 15.1. The van der Waals surface area contributed by atoms with E-state index < -0.39 is 65.9 Å². The molecule has 1 atom stereocenters. The largest absolute Gasteiger partial charge is 0.479 e. The molecule has 0 saturated carbocycles. The number of hydrogen-bond donors (Lipinski definition) is 3. The van der Waals surface area contributed by atoms with Crippen molar-refractivity contribution in [1.82, 2.24) is 4.31 Å². The second-order valence-corrected chi connectivity index (χ2v) is 8.20. The summed E-state index contributed by atoms with van der Waals surface area (Å²) < 4.78 is 46.1. The van der Waals surface area contributed by atoms with E-state index in [1.807, 2.05) is 0 Å². The average molecular weight is 439 g/mol. The van der Waals surface area contributed by atoms with Crippen molar-refractivity contribution in [3.8, 4) is 0 Å². The van der Waals surface area contributed by atoms with Gasteiger partial charge >= 0.3 is 17.9 Å². The number of carboxylic acids is 3. The third-order valence-electron chi connectivity index (χ3n) is 4.70. The normalized spacial score (nSPS) is 18.5. The molecule has 0 spiro atoms. The number of aliphatic carboxylic acids is 3. The first kappa shape index (κ1) is 21.0. The lowest BCUT2D eigenvalue weighted by atomic mass is 9.80. The molecule has 1 aliphatic heterocycles. The second-order valence-electron chi connectivity index (χ2n) is 6.42. The molecule has 158 valence electrons. The molecule has 0 aliphatic carbocycles. The Morgan fingerprint density at radius 3 is 2.07 bits per heavy atom. The Bertz CT molecular complexity index is 1150. The molecule has 1 aliphatic rings. The van der Waals surface area contributed by atoms with E-state index in [0.717, 1.165) is 24.5 Å². The fraction of sp³-hybridized carbons (Fsp3) is 0.167.